The monoisotopic (exact) mass is 234 g/mol. The molecule has 17 heavy (non-hydrogen) atoms. The Labute approximate surface area is 103 Å². The van der Waals surface area contributed by atoms with Gasteiger partial charge in [0, 0.05) is 38.8 Å². The average Bonchev–Trinajstić information content (AvgIpc) is 2.37. The SMILES string of the molecule is Cc1cccc([C@@H](CCO)N2CCNCC2)c1. The van der Waals surface area contributed by atoms with Gasteiger partial charge in [-0.3, -0.25) is 4.90 Å². The summed E-state index contributed by atoms with van der Waals surface area (Å²) in [5.41, 5.74) is 2.63. The van der Waals surface area contributed by atoms with E-state index in [1.165, 1.54) is 11.1 Å². The average molecular weight is 234 g/mol. The first-order chi connectivity index (χ1) is 8.31. The van der Waals surface area contributed by atoms with Crippen molar-refractivity contribution in [2.45, 2.75) is 19.4 Å². The van der Waals surface area contributed by atoms with Crippen molar-refractivity contribution in [2.24, 2.45) is 0 Å². The van der Waals surface area contributed by atoms with Crippen molar-refractivity contribution in [2.75, 3.05) is 32.8 Å². The van der Waals surface area contributed by atoms with Gasteiger partial charge in [0.25, 0.3) is 0 Å². The molecule has 2 rings (SSSR count). The van der Waals surface area contributed by atoms with Crippen molar-refractivity contribution in [3.63, 3.8) is 0 Å². The van der Waals surface area contributed by atoms with Crippen molar-refractivity contribution in [3.05, 3.63) is 35.4 Å². The van der Waals surface area contributed by atoms with Gasteiger partial charge in [-0.1, -0.05) is 29.8 Å². The maximum Gasteiger partial charge on any atom is 0.0449 e. The third-order valence-corrected chi connectivity index (χ3v) is 3.42. The first kappa shape index (κ1) is 12.6. The predicted molar refractivity (Wildman–Crippen MR) is 70.1 cm³/mol. The van der Waals surface area contributed by atoms with Crippen LogP contribution in [0.3, 0.4) is 0 Å². The van der Waals surface area contributed by atoms with Crippen molar-refractivity contribution < 1.29 is 5.11 Å². The van der Waals surface area contributed by atoms with E-state index < -0.39 is 0 Å². The summed E-state index contributed by atoms with van der Waals surface area (Å²) in [4.78, 5) is 2.47. The molecular weight excluding hydrogens is 212 g/mol. The van der Waals surface area contributed by atoms with Crippen LogP contribution < -0.4 is 5.32 Å². The second-order valence-corrected chi connectivity index (χ2v) is 4.73. The third kappa shape index (κ3) is 3.28. The number of aliphatic hydroxyl groups is 1. The molecule has 1 aliphatic heterocycles. The molecule has 1 atom stereocenters. The molecule has 1 aromatic carbocycles. The molecular formula is C14H22N2O. The third-order valence-electron chi connectivity index (χ3n) is 3.42. The highest BCUT2D eigenvalue weighted by atomic mass is 16.3. The van der Waals surface area contributed by atoms with Crippen molar-refractivity contribution >= 4 is 0 Å². The van der Waals surface area contributed by atoms with Crippen molar-refractivity contribution in [1.82, 2.24) is 10.2 Å². The van der Waals surface area contributed by atoms with E-state index >= 15 is 0 Å². The van der Waals surface area contributed by atoms with Crippen LogP contribution in [0.25, 0.3) is 0 Å². The van der Waals surface area contributed by atoms with Crippen LogP contribution in [0.2, 0.25) is 0 Å². The van der Waals surface area contributed by atoms with Crippen LogP contribution in [0.5, 0.6) is 0 Å². The molecule has 2 N–H and O–H groups in total. The fourth-order valence-corrected chi connectivity index (χ4v) is 2.55. The highest BCUT2D eigenvalue weighted by Crippen LogP contribution is 2.25. The number of hydrogen-bond donors (Lipinski definition) is 2. The minimum Gasteiger partial charge on any atom is -0.396 e. The lowest BCUT2D eigenvalue weighted by Gasteiger charge is -2.35. The first-order valence-corrected chi connectivity index (χ1v) is 6.43. The van der Waals surface area contributed by atoms with Gasteiger partial charge in [-0.05, 0) is 18.9 Å². The number of hydrogen-bond acceptors (Lipinski definition) is 3. The van der Waals surface area contributed by atoms with Crippen LogP contribution in [-0.4, -0.2) is 42.8 Å². The number of aryl methyl sites for hydroxylation is 1. The zero-order valence-electron chi connectivity index (χ0n) is 10.5. The number of piperazine rings is 1. The molecule has 0 radical (unpaired) electrons. The molecule has 1 aromatic rings. The van der Waals surface area contributed by atoms with Gasteiger partial charge in [0.15, 0.2) is 0 Å². The lowest BCUT2D eigenvalue weighted by Crippen LogP contribution is -2.45. The lowest BCUT2D eigenvalue weighted by atomic mass is 10.00. The van der Waals surface area contributed by atoms with E-state index in [9.17, 15) is 5.11 Å². The molecule has 3 heteroatoms. The molecule has 0 aromatic heterocycles. The summed E-state index contributed by atoms with van der Waals surface area (Å²) < 4.78 is 0. The Bertz CT molecular complexity index is 348. The summed E-state index contributed by atoms with van der Waals surface area (Å²) >= 11 is 0. The molecule has 0 unspecified atom stereocenters. The summed E-state index contributed by atoms with van der Waals surface area (Å²) in [7, 11) is 0. The predicted octanol–water partition coefficient (Wildman–Crippen LogP) is 1.32. The van der Waals surface area contributed by atoms with E-state index in [0.717, 1.165) is 32.6 Å². The van der Waals surface area contributed by atoms with Gasteiger partial charge in [-0.25, -0.2) is 0 Å². The molecule has 94 valence electrons. The van der Waals surface area contributed by atoms with E-state index in [0.29, 0.717) is 6.04 Å². The Morgan fingerprint density at radius 3 is 2.76 bits per heavy atom. The number of benzene rings is 1. The molecule has 1 saturated heterocycles. The fourth-order valence-electron chi connectivity index (χ4n) is 2.55. The molecule has 3 nitrogen and oxygen atoms in total. The maximum absolute atomic E-state index is 9.26. The van der Waals surface area contributed by atoms with Gasteiger partial charge in [-0.2, -0.15) is 0 Å². The standard InChI is InChI=1S/C14H22N2O/c1-12-3-2-4-13(11-12)14(5-10-17)16-8-6-15-7-9-16/h2-4,11,14-15,17H,5-10H2,1H3/t14-/m1/s1. The molecule has 1 fully saturated rings. The van der Waals surface area contributed by atoms with Crippen molar-refractivity contribution in [3.8, 4) is 0 Å². The van der Waals surface area contributed by atoms with Gasteiger partial charge in [0.1, 0.15) is 0 Å². The Morgan fingerprint density at radius 2 is 2.12 bits per heavy atom. The molecule has 1 heterocycles. The van der Waals surface area contributed by atoms with Crippen LogP contribution in [0, 0.1) is 6.92 Å². The fraction of sp³-hybridized carbons (Fsp3) is 0.571. The summed E-state index contributed by atoms with van der Waals surface area (Å²) in [5, 5.41) is 12.6. The van der Waals surface area contributed by atoms with Crippen LogP contribution in [0.15, 0.2) is 24.3 Å². The Kier molecular flexibility index (Phi) is 4.54. The summed E-state index contributed by atoms with van der Waals surface area (Å²) in [6.07, 6.45) is 0.823. The first-order valence-electron chi connectivity index (χ1n) is 6.43. The molecule has 1 aliphatic rings. The molecule has 0 spiro atoms. The second kappa shape index (κ2) is 6.15. The minimum absolute atomic E-state index is 0.253. The van der Waals surface area contributed by atoms with Crippen molar-refractivity contribution in [1.29, 1.82) is 0 Å². The Balaban J connectivity index is 2.15. The number of aliphatic hydroxyl groups excluding tert-OH is 1. The van der Waals surface area contributed by atoms with Gasteiger partial charge in [0.2, 0.25) is 0 Å². The van der Waals surface area contributed by atoms with Gasteiger partial charge in [-0.15, -0.1) is 0 Å². The summed E-state index contributed by atoms with van der Waals surface area (Å²) in [6, 6.07) is 9.01. The van der Waals surface area contributed by atoms with E-state index in [1.54, 1.807) is 0 Å². The summed E-state index contributed by atoms with van der Waals surface area (Å²) in [5.74, 6) is 0. The normalized spacial score (nSPS) is 19.2. The minimum atomic E-state index is 0.253. The number of nitrogens with one attached hydrogen (secondary N) is 1. The quantitative estimate of drug-likeness (QED) is 0.825. The maximum atomic E-state index is 9.26. The van der Waals surface area contributed by atoms with Gasteiger partial charge >= 0.3 is 0 Å². The molecule has 0 aliphatic carbocycles. The van der Waals surface area contributed by atoms with Gasteiger partial charge in [0.05, 0.1) is 0 Å². The zero-order chi connectivity index (χ0) is 12.1. The molecule has 0 amide bonds. The Morgan fingerprint density at radius 1 is 1.35 bits per heavy atom. The highest BCUT2D eigenvalue weighted by molar-refractivity contribution is 5.25. The molecule has 0 bridgehead atoms. The Hall–Kier alpha value is -0.900. The largest absolute Gasteiger partial charge is 0.396 e. The highest BCUT2D eigenvalue weighted by Gasteiger charge is 2.21. The topological polar surface area (TPSA) is 35.5 Å². The number of nitrogens with zero attached hydrogens (tertiary/aromatic N) is 1. The second-order valence-electron chi connectivity index (χ2n) is 4.73. The zero-order valence-corrected chi connectivity index (χ0v) is 10.5. The van der Waals surface area contributed by atoms with E-state index in [2.05, 4.69) is 41.4 Å². The van der Waals surface area contributed by atoms with Crippen LogP contribution in [0.1, 0.15) is 23.6 Å². The molecule has 0 saturated carbocycles. The van der Waals surface area contributed by atoms with Crippen LogP contribution in [-0.2, 0) is 0 Å². The van der Waals surface area contributed by atoms with Crippen LogP contribution >= 0.6 is 0 Å². The van der Waals surface area contributed by atoms with E-state index in [4.69, 9.17) is 0 Å². The summed E-state index contributed by atoms with van der Waals surface area (Å²) in [6.45, 7) is 6.61. The van der Waals surface area contributed by atoms with Gasteiger partial charge < -0.3 is 10.4 Å². The number of rotatable bonds is 4. The smallest absolute Gasteiger partial charge is 0.0449 e. The van der Waals surface area contributed by atoms with Crippen LogP contribution in [0.4, 0.5) is 0 Å². The van der Waals surface area contributed by atoms with E-state index in [-0.39, 0.29) is 6.61 Å². The lowest BCUT2D eigenvalue weighted by molar-refractivity contribution is 0.141. The van der Waals surface area contributed by atoms with E-state index in [1.807, 2.05) is 0 Å².